The number of methoxy groups -OCH3 is 1. The van der Waals surface area contributed by atoms with Crippen LogP contribution in [0, 0.1) is 13.8 Å². The largest absolute Gasteiger partial charge is 0.444 e. The molecule has 0 aliphatic carbocycles. The molecule has 1 aromatic heterocycles. The Labute approximate surface area is 103 Å². The quantitative estimate of drug-likeness (QED) is 0.664. The first-order valence-corrected chi connectivity index (χ1v) is 5.94. The summed E-state index contributed by atoms with van der Waals surface area (Å²) in [6.45, 7) is 7.51. The second-order valence-corrected chi connectivity index (χ2v) is 3.88. The molecule has 0 fully saturated rings. The monoisotopic (exact) mass is 242 g/mol. The zero-order chi connectivity index (χ0) is 12.5. The van der Waals surface area contributed by atoms with Crippen molar-refractivity contribution >= 4 is 0 Å². The van der Waals surface area contributed by atoms with Gasteiger partial charge in [0.1, 0.15) is 5.76 Å². The predicted octanol–water partition coefficient (Wildman–Crippen LogP) is 1.43. The molecule has 0 saturated carbocycles. The van der Waals surface area contributed by atoms with Crippen LogP contribution in [0.25, 0.3) is 0 Å². The Hall–Kier alpha value is -0.910. The van der Waals surface area contributed by atoms with Gasteiger partial charge >= 0.3 is 0 Å². The standard InChI is InChI=1S/C12H22N2O3/c1-10-11(2)17-12(14-10)9-13-5-8-16-7-4-6-15-3/h13H,4-9H2,1-3H3. The van der Waals surface area contributed by atoms with Crippen molar-refractivity contribution in [3.63, 3.8) is 0 Å². The van der Waals surface area contributed by atoms with E-state index in [1.807, 2.05) is 13.8 Å². The maximum Gasteiger partial charge on any atom is 0.208 e. The molecular weight excluding hydrogens is 220 g/mol. The van der Waals surface area contributed by atoms with Gasteiger partial charge in [0, 0.05) is 26.9 Å². The van der Waals surface area contributed by atoms with E-state index in [1.54, 1.807) is 7.11 Å². The Kier molecular flexibility index (Phi) is 6.84. The van der Waals surface area contributed by atoms with Gasteiger partial charge in [-0.3, -0.25) is 0 Å². The van der Waals surface area contributed by atoms with Crippen LogP contribution >= 0.6 is 0 Å². The van der Waals surface area contributed by atoms with E-state index >= 15 is 0 Å². The molecule has 0 spiro atoms. The van der Waals surface area contributed by atoms with Crippen molar-refractivity contribution in [1.82, 2.24) is 10.3 Å². The maximum atomic E-state index is 5.44. The van der Waals surface area contributed by atoms with E-state index in [2.05, 4.69) is 10.3 Å². The smallest absolute Gasteiger partial charge is 0.208 e. The number of aromatic nitrogens is 1. The van der Waals surface area contributed by atoms with E-state index < -0.39 is 0 Å². The lowest BCUT2D eigenvalue weighted by Crippen LogP contribution is -2.19. The SMILES string of the molecule is COCCCOCCNCc1nc(C)c(C)o1. The van der Waals surface area contributed by atoms with Crippen LogP contribution in [0.5, 0.6) is 0 Å². The lowest BCUT2D eigenvalue weighted by molar-refractivity contribution is 0.104. The molecule has 0 aromatic carbocycles. The summed E-state index contributed by atoms with van der Waals surface area (Å²) in [6, 6.07) is 0. The highest BCUT2D eigenvalue weighted by Gasteiger charge is 2.03. The molecule has 5 heteroatoms. The fourth-order valence-corrected chi connectivity index (χ4v) is 1.36. The van der Waals surface area contributed by atoms with Gasteiger partial charge < -0.3 is 19.2 Å². The molecule has 0 bridgehead atoms. The first-order chi connectivity index (χ1) is 8.24. The van der Waals surface area contributed by atoms with Crippen molar-refractivity contribution in [1.29, 1.82) is 0 Å². The predicted molar refractivity (Wildman–Crippen MR) is 65.0 cm³/mol. The molecule has 1 heterocycles. The lowest BCUT2D eigenvalue weighted by atomic mass is 10.4. The average molecular weight is 242 g/mol. The third kappa shape index (κ3) is 5.81. The second kappa shape index (κ2) is 8.22. The van der Waals surface area contributed by atoms with Crippen molar-refractivity contribution in [2.75, 3.05) is 33.5 Å². The Bertz CT molecular complexity index is 293. The minimum atomic E-state index is 0.649. The number of rotatable bonds is 9. The maximum absolute atomic E-state index is 5.44. The number of nitrogens with zero attached hydrogens (tertiary/aromatic N) is 1. The van der Waals surface area contributed by atoms with Gasteiger partial charge in [-0.15, -0.1) is 0 Å². The molecule has 17 heavy (non-hydrogen) atoms. The van der Waals surface area contributed by atoms with E-state index in [0.717, 1.165) is 43.5 Å². The van der Waals surface area contributed by atoms with Crippen LogP contribution in [-0.4, -0.2) is 38.5 Å². The van der Waals surface area contributed by atoms with Crippen LogP contribution in [0.3, 0.4) is 0 Å². The van der Waals surface area contributed by atoms with Crippen molar-refractivity contribution in [3.8, 4) is 0 Å². The number of ether oxygens (including phenoxy) is 2. The van der Waals surface area contributed by atoms with E-state index in [1.165, 1.54) is 0 Å². The van der Waals surface area contributed by atoms with E-state index in [9.17, 15) is 0 Å². The number of aryl methyl sites for hydroxylation is 2. The molecule has 0 unspecified atom stereocenters. The minimum Gasteiger partial charge on any atom is -0.444 e. The van der Waals surface area contributed by atoms with E-state index in [-0.39, 0.29) is 0 Å². The number of hydrogen-bond acceptors (Lipinski definition) is 5. The molecular formula is C12H22N2O3. The Morgan fingerprint density at radius 3 is 2.71 bits per heavy atom. The second-order valence-electron chi connectivity index (χ2n) is 3.88. The van der Waals surface area contributed by atoms with Gasteiger partial charge in [0.2, 0.25) is 5.89 Å². The summed E-state index contributed by atoms with van der Waals surface area (Å²) >= 11 is 0. The molecule has 0 aliphatic heterocycles. The van der Waals surface area contributed by atoms with Gasteiger partial charge in [-0.2, -0.15) is 0 Å². The molecule has 1 N–H and O–H groups in total. The summed E-state index contributed by atoms with van der Waals surface area (Å²) in [5, 5.41) is 3.22. The van der Waals surface area contributed by atoms with Crippen LogP contribution in [0.15, 0.2) is 4.42 Å². The highest BCUT2D eigenvalue weighted by Crippen LogP contribution is 2.07. The van der Waals surface area contributed by atoms with E-state index in [0.29, 0.717) is 13.2 Å². The third-order valence-corrected chi connectivity index (χ3v) is 2.41. The van der Waals surface area contributed by atoms with Crippen molar-refractivity contribution in [2.45, 2.75) is 26.8 Å². The summed E-state index contributed by atoms with van der Waals surface area (Å²) in [5.74, 6) is 1.62. The fourth-order valence-electron chi connectivity index (χ4n) is 1.36. The summed E-state index contributed by atoms with van der Waals surface area (Å²) in [7, 11) is 1.70. The fraction of sp³-hybridized carbons (Fsp3) is 0.750. The van der Waals surface area contributed by atoms with Crippen LogP contribution in [0.1, 0.15) is 23.8 Å². The highest BCUT2D eigenvalue weighted by molar-refractivity contribution is 5.04. The molecule has 0 amide bonds. The molecule has 0 radical (unpaired) electrons. The highest BCUT2D eigenvalue weighted by atomic mass is 16.5. The number of nitrogens with one attached hydrogen (secondary N) is 1. The molecule has 5 nitrogen and oxygen atoms in total. The molecule has 98 valence electrons. The van der Waals surface area contributed by atoms with Gasteiger partial charge in [-0.1, -0.05) is 0 Å². The zero-order valence-corrected chi connectivity index (χ0v) is 10.9. The van der Waals surface area contributed by atoms with Gasteiger partial charge in [-0.25, -0.2) is 4.98 Å². The van der Waals surface area contributed by atoms with Crippen molar-refractivity contribution < 1.29 is 13.9 Å². The first kappa shape index (κ1) is 14.2. The summed E-state index contributed by atoms with van der Waals surface area (Å²) in [6.07, 6.45) is 0.939. The van der Waals surface area contributed by atoms with Crippen molar-refractivity contribution in [2.24, 2.45) is 0 Å². The lowest BCUT2D eigenvalue weighted by Gasteiger charge is -2.04. The minimum absolute atomic E-state index is 0.649. The molecule has 1 rings (SSSR count). The Balaban J connectivity index is 1.97. The summed E-state index contributed by atoms with van der Waals surface area (Å²) in [4.78, 5) is 4.28. The van der Waals surface area contributed by atoms with E-state index in [4.69, 9.17) is 13.9 Å². The normalized spacial score (nSPS) is 11.0. The molecule has 0 saturated heterocycles. The number of oxazole rings is 1. The summed E-state index contributed by atoms with van der Waals surface area (Å²) < 4.78 is 15.8. The van der Waals surface area contributed by atoms with Gasteiger partial charge in [-0.05, 0) is 20.3 Å². The Morgan fingerprint density at radius 2 is 2.06 bits per heavy atom. The van der Waals surface area contributed by atoms with Crippen LogP contribution < -0.4 is 5.32 Å². The molecule has 0 aliphatic rings. The van der Waals surface area contributed by atoms with Gasteiger partial charge in [0.05, 0.1) is 18.8 Å². The third-order valence-electron chi connectivity index (χ3n) is 2.41. The number of hydrogen-bond donors (Lipinski definition) is 1. The van der Waals surface area contributed by atoms with Crippen LogP contribution in [-0.2, 0) is 16.0 Å². The van der Waals surface area contributed by atoms with Crippen molar-refractivity contribution in [3.05, 3.63) is 17.3 Å². The van der Waals surface area contributed by atoms with Gasteiger partial charge in [0.25, 0.3) is 0 Å². The molecule has 0 atom stereocenters. The summed E-state index contributed by atoms with van der Waals surface area (Å²) in [5.41, 5.74) is 0.956. The van der Waals surface area contributed by atoms with Crippen LogP contribution in [0.2, 0.25) is 0 Å². The van der Waals surface area contributed by atoms with Gasteiger partial charge in [0.15, 0.2) is 0 Å². The Morgan fingerprint density at radius 1 is 1.24 bits per heavy atom. The van der Waals surface area contributed by atoms with Crippen LogP contribution in [0.4, 0.5) is 0 Å². The molecule has 1 aromatic rings. The topological polar surface area (TPSA) is 56.5 Å². The first-order valence-electron chi connectivity index (χ1n) is 5.94. The zero-order valence-electron chi connectivity index (χ0n) is 10.9. The average Bonchev–Trinajstić information content (AvgIpc) is 2.62.